The number of nitrogens with zero attached hydrogens (tertiary/aromatic N) is 2. The van der Waals surface area contributed by atoms with E-state index in [-0.39, 0.29) is 4.90 Å². The molecule has 5 nitrogen and oxygen atoms in total. The summed E-state index contributed by atoms with van der Waals surface area (Å²) in [4.78, 5) is 2.13. The van der Waals surface area contributed by atoms with Gasteiger partial charge in [-0.3, -0.25) is 0 Å². The minimum absolute atomic E-state index is 0.138. The SMILES string of the molecule is Cc1c(OCCN(C)C)c2cc(Cl)cc(Br)c2n1S(=O)(=O)c1ccc(Cl)cc1. The number of rotatable bonds is 6. The van der Waals surface area contributed by atoms with E-state index >= 15 is 0 Å². The molecular weight excluding hydrogens is 487 g/mol. The summed E-state index contributed by atoms with van der Waals surface area (Å²) >= 11 is 15.6. The van der Waals surface area contributed by atoms with Crippen LogP contribution in [0.3, 0.4) is 0 Å². The fraction of sp³-hybridized carbons (Fsp3) is 0.263. The second-order valence-electron chi connectivity index (χ2n) is 6.57. The molecule has 1 heterocycles. The molecule has 0 unspecified atom stereocenters. The van der Waals surface area contributed by atoms with Crippen molar-refractivity contribution in [1.82, 2.24) is 8.87 Å². The van der Waals surface area contributed by atoms with E-state index in [9.17, 15) is 8.42 Å². The van der Waals surface area contributed by atoms with Crippen molar-refractivity contribution in [3.63, 3.8) is 0 Å². The summed E-state index contributed by atoms with van der Waals surface area (Å²) in [6.07, 6.45) is 0. The van der Waals surface area contributed by atoms with E-state index in [1.807, 2.05) is 19.0 Å². The van der Waals surface area contributed by atoms with Crippen LogP contribution in [0, 0.1) is 6.92 Å². The highest BCUT2D eigenvalue weighted by Gasteiger charge is 2.27. The quantitative estimate of drug-likeness (QED) is 0.462. The Morgan fingerprint density at radius 3 is 2.36 bits per heavy atom. The summed E-state index contributed by atoms with van der Waals surface area (Å²) in [5.41, 5.74) is 0.961. The molecule has 3 rings (SSSR count). The van der Waals surface area contributed by atoms with Crippen LogP contribution in [0.25, 0.3) is 10.9 Å². The van der Waals surface area contributed by atoms with Crippen LogP contribution in [0.5, 0.6) is 5.75 Å². The summed E-state index contributed by atoms with van der Waals surface area (Å²) in [6, 6.07) is 9.46. The van der Waals surface area contributed by atoms with Crippen molar-refractivity contribution in [2.75, 3.05) is 27.2 Å². The molecule has 0 aliphatic rings. The molecule has 2 aromatic carbocycles. The van der Waals surface area contributed by atoms with Crippen molar-refractivity contribution in [2.24, 2.45) is 0 Å². The van der Waals surface area contributed by atoms with E-state index in [0.29, 0.717) is 50.0 Å². The number of ether oxygens (including phenoxy) is 1. The van der Waals surface area contributed by atoms with Crippen molar-refractivity contribution in [3.8, 4) is 5.75 Å². The lowest BCUT2D eigenvalue weighted by atomic mass is 10.2. The van der Waals surface area contributed by atoms with Gasteiger partial charge in [0, 0.05) is 26.4 Å². The van der Waals surface area contributed by atoms with Crippen molar-refractivity contribution in [1.29, 1.82) is 0 Å². The fourth-order valence-electron chi connectivity index (χ4n) is 2.93. The number of likely N-dealkylation sites (N-methyl/N-ethyl adjacent to an activating group) is 1. The Kier molecular flexibility index (Phi) is 6.32. The lowest BCUT2D eigenvalue weighted by molar-refractivity contribution is 0.262. The highest BCUT2D eigenvalue weighted by atomic mass is 79.9. The predicted octanol–water partition coefficient (Wildman–Crippen LogP) is 5.20. The van der Waals surface area contributed by atoms with E-state index in [4.69, 9.17) is 27.9 Å². The third kappa shape index (κ3) is 4.04. The smallest absolute Gasteiger partial charge is 0.268 e. The van der Waals surface area contributed by atoms with Gasteiger partial charge in [-0.25, -0.2) is 12.4 Å². The van der Waals surface area contributed by atoms with E-state index in [1.165, 1.54) is 16.1 Å². The van der Waals surface area contributed by atoms with E-state index < -0.39 is 10.0 Å². The average Bonchev–Trinajstić information content (AvgIpc) is 2.88. The van der Waals surface area contributed by atoms with Crippen LogP contribution in [-0.4, -0.2) is 44.5 Å². The highest BCUT2D eigenvalue weighted by Crippen LogP contribution is 2.41. The predicted molar refractivity (Wildman–Crippen MR) is 117 cm³/mol. The molecule has 0 amide bonds. The fourth-order valence-corrected chi connectivity index (χ4v) is 5.73. The Bertz CT molecular complexity index is 1130. The summed E-state index contributed by atoms with van der Waals surface area (Å²) in [5, 5.41) is 1.58. The molecular formula is C19H19BrCl2N2O3S. The Balaban J connectivity index is 2.25. The Morgan fingerprint density at radius 1 is 1.11 bits per heavy atom. The molecule has 28 heavy (non-hydrogen) atoms. The van der Waals surface area contributed by atoms with Crippen molar-refractivity contribution < 1.29 is 13.2 Å². The standard InChI is InChI=1S/C19H19BrCl2N2O3S/c1-12-19(27-9-8-23(2)3)16-10-14(22)11-17(20)18(16)24(12)28(25,26)15-6-4-13(21)5-7-15/h4-7,10-11H,8-9H2,1-3H3. The molecule has 0 fully saturated rings. The lowest BCUT2D eigenvalue weighted by Gasteiger charge is -2.12. The lowest BCUT2D eigenvalue weighted by Crippen LogP contribution is -2.20. The summed E-state index contributed by atoms with van der Waals surface area (Å²) in [5.74, 6) is 0.498. The molecule has 0 aliphatic carbocycles. The zero-order valence-electron chi connectivity index (χ0n) is 15.5. The molecule has 0 saturated heterocycles. The Morgan fingerprint density at radius 2 is 1.75 bits per heavy atom. The first kappa shape index (κ1) is 21.5. The molecule has 3 aromatic rings. The number of halogens is 3. The Hall–Kier alpha value is -1.25. The molecule has 0 bridgehead atoms. The summed E-state index contributed by atoms with van der Waals surface area (Å²) < 4.78 is 34.7. The van der Waals surface area contributed by atoms with Crippen molar-refractivity contribution in [3.05, 3.63) is 56.6 Å². The minimum atomic E-state index is -3.87. The van der Waals surface area contributed by atoms with Crippen LogP contribution in [0.2, 0.25) is 10.0 Å². The zero-order valence-corrected chi connectivity index (χ0v) is 19.5. The molecule has 0 radical (unpaired) electrons. The molecule has 150 valence electrons. The van der Waals surface area contributed by atoms with E-state index in [2.05, 4.69) is 15.9 Å². The van der Waals surface area contributed by atoms with Crippen molar-refractivity contribution in [2.45, 2.75) is 11.8 Å². The normalized spacial score (nSPS) is 12.1. The van der Waals surface area contributed by atoms with Gasteiger partial charge in [-0.05, 0) is 73.3 Å². The van der Waals surface area contributed by atoms with Gasteiger partial charge in [-0.1, -0.05) is 23.2 Å². The zero-order chi connectivity index (χ0) is 20.6. The molecule has 0 atom stereocenters. The molecule has 1 aromatic heterocycles. The number of hydrogen-bond acceptors (Lipinski definition) is 4. The van der Waals surface area contributed by atoms with Gasteiger partial charge in [0.1, 0.15) is 12.4 Å². The van der Waals surface area contributed by atoms with Gasteiger partial charge in [-0.15, -0.1) is 0 Å². The van der Waals surface area contributed by atoms with Gasteiger partial charge < -0.3 is 9.64 Å². The molecule has 0 saturated carbocycles. The average molecular weight is 506 g/mol. The van der Waals surface area contributed by atoms with E-state index in [0.717, 1.165) is 0 Å². The second kappa shape index (κ2) is 8.24. The van der Waals surface area contributed by atoms with Crippen LogP contribution in [-0.2, 0) is 10.0 Å². The first-order valence-electron chi connectivity index (χ1n) is 8.41. The first-order chi connectivity index (χ1) is 13.1. The largest absolute Gasteiger partial charge is 0.490 e. The van der Waals surface area contributed by atoms with Gasteiger partial charge >= 0.3 is 0 Å². The van der Waals surface area contributed by atoms with E-state index in [1.54, 1.807) is 31.2 Å². The maximum absolute atomic E-state index is 13.4. The monoisotopic (exact) mass is 504 g/mol. The third-order valence-corrected chi connectivity index (χ3v) is 7.13. The second-order valence-corrected chi connectivity index (χ2v) is 10.1. The van der Waals surface area contributed by atoms with Crippen LogP contribution >= 0.6 is 39.1 Å². The molecule has 0 spiro atoms. The van der Waals surface area contributed by atoms with Gasteiger partial charge in [0.05, 0.1) is 16.1 Å². The number of hydrogen-bond donors (Lipinski definition) is 0. The summed E-state index contributed by atoms with van der Waals surface area (Å²) in [6.45, 7) is 2.83. The maximum Gasteiger partial charge on any atom is 0.268 e. The van der Waals surface area contributed by atoms with Gasteiger partial charge in [0.2, 0.25) is 0 Å². The van der Waals surface area contributed by atoms with Crippen LogP contribution in [0.15, 0.2) is 45.8 Å². The van der Waals surface area contributed by atoms with Crippen LogP contribution in [0.4, 0.5) is 0 Å². The molecule has 0 N–H and O–H groups in total. The Labute approximate surface area is 183 Å². The first-order valence-corrected chi connectivity index (χ1v) is 11.4. The molecule has 9 heteroatoms. The van der Waals surface area contributed by atoms with Gasteiger partial charge in [0.25, 0.3) is 10.0 Å². The topological polar surface area (TPSA) is 51.5 Å². The third-order valence-electron chi connectivity index (χ3n) is 4.25. The highest BCUT2D eigenvalue weighted by molar-refractivity contribution is 9.10. The van der Waals surface area contributed by atoms with Crippen LogP contribution in [0.1, 0.15) is 5.69 Å². The number of benzene rings is 2. The van der Waals surface area contributed by atoms with Crippen molar-refractivity contribution >= 4 is 60.1 Å². The maximum atomic E-state index is 13.4. The number of fused-ring (bicyclic) bond motifs is 1. The summed E-state index contributed by atoms with van der Waals surface area (Å²) in [7, 11) is 0.0104. The molecule has 0 aliphatic heterocycles. The van der Waals surface area contributed by atoms with Gasteiger partial charge in [0.15, 0.2) is 0 Å². The van der Waals surface area contributed by atoms with Crippen LogP contribution < -0.4 is 4.74 Å². The minimum Gasteiger partial charge on any atom is -0.490 e. The number of aromatic nitrogens is 1. The van der Waals surface area contributed by atoms with Gasteiger partial charge in [-0.2, -0.15) is 0 Å².